The van der Waals surface area contributed by atoms with Crippen molar-refractivity contribution in [2.75, 3.05) is 52.6 Å². The number of alkyl halides is 9. The third-order valence-corrected chi connectivity index (χ3v) is 12.6. The number of pyridine rings is 2. The van der Waals surface area contributed by atoms with Crippen molar-refractivity contribution >= 4 is 49.6 Å². The van der Waals surface area contributed by atoms with Crippen LogP contribution in [0.3, 0.4) is 0 Å². The Balaban J connectivity index is 0.000000170. The number of H-pyrrole nitrogens is 1. The first-order chi connectivity index (χ1) is 32.7. The average Bonchev–Trinajstić information content (AvgIpc) is 4.08. The van der Waals surface area contributed by atoms with E-state index in [4.69, 9.17) is 9.47 Å². The van der Waals surface area contributed by atoms with E-state index in [1.54, 1.807) is 16.8 Å². The van der Waals surface area contributed by atoms with Crippen molar-refractivity contribution < 1.29 is 63.0 Å². The van der Waals surface area contributed by atoms with Crippen LogP contribution in [0.15, 0.2) is 82.9 Å². The lowest BCUT2D eigenvalue weighted by molar-refractivity contribution is -0.140. The van der Waals surface area contributed by atoms with E-state index in [1.807, 2.05) is 0 Å². The number of hydrogen-bond acceptors (Lipinski definition) is 6. The molecule has 0 bridgehead atoms. The average molecular weight is 1040 g/mol. The monoisotopic (exact) mass is 1040 g/mol. The normalized spacial score (nSPS) is 18.7. The zero-order valence-electron chi connectivity index (χ0n) is 36.1. The zero-order valence-corrected chi connectivity index (χ0v) is 37.7. The molecule has 4 aliphatic rings. The summed E-state index contributed by atoms with van der Waals surface area (Å²) in [4.78, 5) is 57.4. The number of aromatic nitrogens is 4. The third-order valence-electron chi connectivity index (χ3n) is 12.1. The number of fused-ring (bicyclic) bond motifs is 2. The van der Waals surface area contributed by atoms with Gasteiger partial charge in [0.1, 0.15) is 37.1 Å². The lowest BCUT2D eigenvalue weighted by Crippen LogP contribution is -2.35. The topological polar surface area (TPSA) is 124 Å². The van der Waals surface area contributed by atoms with Crippen molar-refractivity contribution in [2.45, 2.75) is 61.5 Å². The van der Waals surface area contributed by atoms with Gasteiger partial charge in [-0.1, -0.05) is 28.1 Å². The molecule has 6 aromatic rings. The lowest BCUT2D eigenvalue weighted by atomic mass is 10.0. The van der Waals surface area contributed by atoms with Gasteiger partial charge in [0, 0.05) is 49.0 Å². The number of likely N-dealkylation sites (tertiary alicyclic amines) is 2. The van der Waals surface area contributed by atoms with Crippen LogP contribution < -0.4 is 11.1 Å². The molecule has 1 N–H and O–H groups in total. The first-order valence-corrected chi connectivity index (χ1v) is 22.4. The van der Waals surface area contributed by atoms with Crippen molar-refractivity contribution in [1.29, 1.82) is 0 Å². The largest absolute Gasteiger partial charge is 0.419 e. The number of amides is 2. The number of benzene rings is 2. The van der Waals surface area contributed by atoms with E-state index in [0.717, 1.165) is 34.5 Å². The highest BCUT2D eigenvalue weighted by atomic mass is 79.9. The van der Waals surface area contributed by atoms with E-state index < -0.39 is 70.4 Å². The maximum Gasteiger partial charge on any atom is 0.419 e. The highest BCUT2D eigenvalue weighted by molar-refractivity contribution is 9.09. The first kappa shape index (κ1) is 49.5. The lowest BCUT2D eigenvalue weighted by Gasteiger charge is -2.28. The van der Waals surface area contributed by atoms with Gasteiger partial charge < -0.3 is 38.0 Å². The Hall–Kier alpha value is -5.94. The molecule has 10 rings (SSSR count). The minimum absolute atomic E-state index is 0.0102. The second kappa shape index (κ2) is 19.8. The summed E-state index contributed by atoms with van der Waals surface area (Å²) in [6, 6.07) is 8.11. The van der Waals surface area contributed by atoms with E-state index in [9.17, 15) is 63.1 Å². The van der Waals surface area contributed by atoms with Crippen LogP contribution >= 0.6 is 15.9 Å². The summed E-state index contributed by atoms with van der Waals surface area (Å²) in [6.45, 7) is 2.39. The molecule has 2 unspecified atom stereocenters. The summed E-state index contributed by atoms with van der Waals surface area (Å²) >= 11 is 3.34. The van der Waals surface area contributed by atoms with Crippen LogP contribution in [0.5, 0.6) is 0 Å². The SMILES string of the molecule is BrC1COC1.O=C(Cn1ccc2[nH]cc(-c3ccc(F)c(C(F)(F)F)c3)c2c1=O)N1CCC(F)C1.O=C(Cn1ccc2c(c(-c3ccc(F)c(C(F)(F)F)c3)cn2C2COC2)c1=O)N1CCC(F)C1. The summed E-state index contributed by atoms with van der Waals surface area (Å²) < 4.78 is 148. The molecule has 69 heavy (non-hydrogen) atoms. The smallest absolute Gasteiger partial charge is 0.379 e. The molecule has 0 saturated carbocycles. The Labute approximate surface area is 393 Å². The molecule has 0 spiro atoms. The minimum atomic E-state index is -4.91. The Kier molecular flexibility index (Phi) is 14.2. The van der Waals surface area contributed by atoms with Gasteiger partial charge in [-0.15, -0.1) is 0 Å². The van der Waals surface area contributed by atoms with Gasteiger partial charge in [-0.2, -0.15) is 26.3 Å². The highest BCUT2D eigenvalue weighted by Gasteiger charge is 2.36. The molecule has 0 radical (unpaired) electrons. The number of ether oxygens (including phenoxy) is 2. The molecule has 12 nitrogen and oxygen atoms in total. The Morgan fingerprint density at radius 1 is 0.681 bits per heavy atom. The fraction of sp³-hybridized carbons (Fsp3) is 0.391. The van der Waals surface area contributed by atoms with Gasteiger partial charge in [0.25, 0.3) is 11.1 Å². The van der Waals surface area contributed by atoms with Crippen molar-refractivity contribution in [3.05, 3.63) is 117 Å². The van der Waals surface area contributed by atoms with Gasteiger partial charge >= 0.3 is 12.4 Å². The van der Waals surface area contributed by atoms with E-state index >= 15 is 0 Å². The van der Waals surface area contributed by atoms with E-state index in [2.05, 4.69) is 20.9 Å². The van der Waals surface area contributed by atoms with Crippen molar-refractivity contribution in [1.82, 2.24) is 28.5 Å². The first-order valence-electron chi connectivity index (χ1n) is 21.5. The molecule has 2 aromatic carbocycles. The Bertz CT molecular complexity index is 3010. The molecule has 23 heteroatoms. The number of hydrogen-bond donors (Lipinski definition) is 1. The molecular formula is C46H41BrF10N6O6. The van der Waals surface area contributed by atoms with Gasteiger partial charge in [0.15, 0.2) is 0 Å². The van der Waals surface area contributed by atoms with Gasteiger partial charge in [0.05, 0.1) is 83.3 Å². The minimum Gasteiger partial charge on any atom is -0.379 e. The van der Waals surface area contributed by atoms with Crippen LogP contribution in [-0.4, -0.2) is 110 Å². The molecule has 4 aliphatic heterocycles. The van der Waals surface area contributed by atoms with E-state index in [-0.39, 0.29) is 91.2 Å². The number of rotatable bonds is 7. The van der Waals surface area contributed by atoms with Crippen LogP contribution in [0, 0.1) is 11.6 Å². The standard InChI is InChI=1S/C23H20F5N3O3.C20H16F5N3O2.C3H5BrO/c24-14-3-5-29(8-14)20(32)10-30-6-4-19-21(22(30)33)16(9-31(19)15-11-34-12-15)13-1-2-18(25)17(7-13)23(26,27)28;21-12-3-5-27(9-12)17(29)10-28-6-4-16-18(19(28)30)13(8-26-16)11-1-2-15(22)14(7-11)20(23,24)25;4-3-1-5-2-3/h1-2,4,6-7,9,14-15H,3,5,8,10-12H2;1-2,4,6-8,12,26H,3,5,9-10H2;3H,1-2H2. The molecule has 8 heterocycles. The number of nitrogens with one attached hydrogen (secondary N) is 1. The summed E-state index contributed by atoms with van der Waals surface area (Å²) in [6.07, 6.45) is -5.75. The number of carbonyl (C=O) groups excluding carboxylic acids is 2. The van der Waals surface area contributed by atoms with Crippen molar-refractivity contribution in [3.63, 3.8) is 0 Å². The molecule has 4 fully saturated rings. The predicted molar refractivity (Wildman–Crippen MR) is 235 cm³/mol. The molecule has 0 aliphatic carbocycles. The van der Waals surface area contributed by atoms with E-state index in [0.29, 0.717) is 47.3 Å². The second-order valence-corrected chi connectivity index (χ2v) is 18.2. The summed E-state index contributed by atoms with van der Waals surface area (Å²) in [7, 11) is 0. The number of halogens is 11. The van der Waals surface area contributed by atoms with E-state index in [1.165, 1.54) is 40.5 Å². The molecule has 2 atom stereocenters. The van der Waals surface area contributed by atoms with Gasteiger partial charge in [0.2, 0.25) is 11.8 Å². The molecule has 4 aromatic heterocycles. The highest BCUT2D eigenvalue weighted by Crippen LogP contribution is 2.39. The zero-order chi connectivity index (χ0) is 49.5. The quantitative estimate of drug-likeness (QED) is 0.127. The number of carbonyl (C=O) groups is 2. The molecule has 368 valence electrons. The van der Waals surface area contributed by atoms with Crippen molar-refractivity contribution in [2.24, 2.45) is 0 Å². The van der Waals surface area contributed by atoms with Crippen LogP contribution in [0.4, 0.5) is 43.9 Å². The summed E-state index contributed by atoms with van der Waals surface area (Å²) in [5, 5.41) is 0.196. The van der Waals surface area contributed by atoms with Crippen LogP contribution in [0.2, 0.25) is 0 Å². The summed E-state index contributed by atoms with van der Waals surface area (Å²) in [5.41, 5.74) is -2.80. The third kappa shape index (κ3) is 10.6. The number of nitrogens with zero attached hydrogens (tertiary/aromatic N) is 5. The predicted octanol–water partition coefficient (Wildman–Crippen LogP) is 8.27. The fourth-order valence-electron chi connectivity index (χ4n) is 8.27. The molecular weight excluding hydrogens is 1000 g/mol. The van der Waals surface area contributed by atoms with Crippen molar-refractivity contribution in [3.8, 4) is 22.3 Å². The fourth-order valence-corrected chi connectivity index (χ4v) is 8.65. The number of aromatic amines is 1. The Morgan fingerprint density at radius 2 is 1.16 bits per heavy atom. The Morgan fingerprint density at radius 3 is 1.59 bits per heavy atom. The van der Waals surface area contributed by atoms with Gasteiger partial charge in [-0.25, -0.2) is 17.6 Å². The van der Waals surface area contributed by atoms with Crippen LogP contribution in [0.25, 0.3) is 44.1 Å². The second-order valence-electron chi connectivity index (χ2n) is 16.9. The van der Waals surface area contributed by atoms with Gasteiger partial charge in [-0.05, 0) is 60.4 Å². The van der Waals surface area contributed by atoms with Crippen LogP contribution in [-0.2, 0) is 44.5 Å². The van der Waals surface area contributed by atoms with Gasteiger partial charge in [-0.3, -0.25) is 19.2 Å². The molecule has 2 amide bonds. The maximum absolute atomic E-state index is 13.9. The molecule has 4 saturated heterocycles. The van der Waals surface area contributed by atoms with Crippen LogP contribution in [0.1, 0.15) is 30.0 Å². The maximum atomic E-state index is 13.9. The summed E-state index contributed by atoms with van der Waals surface area (Å²) in [5.74, 6) is -3.66.